The highest BCUT2D eigenvalue weighted by Gasteiger charge is 2.12. The fourth-order valence-electron chi connectivity index (χ4n) is 1.12. The molecule has 14 heavy (non-hydrogen) atoms. The molecule has 0 bridgehead atoms. The van der Waals surface area contributed by atoms with Crippen LogP contribution in [0.4, 0.5) is 0 Å². The molecule has 3 N–H and O–H groups in total. The number of nitrogens with one attached hydrogen (secondary N) is 1. The highest BCUT2D eigenvalue weighted by atomic mass is 79.9. The van der Waals surface area contributed by atoms with Gasteiger partial charge in [-0.25, -0.2) is 0 Å². The van der Waals surface area contributed by atoms with E-state index in [4.69, 9.17) is 11.1 Å². The van der Waals surface area contributed by atoms with Crippen molar-refractivity contribution in [2.45, 2.75) is 19.1 Å². The Bertz CT molecular complexity index is 347. The SMILES string of the molecule is CCc1nn(C)c(CSC(=N)N)c1Br. The zero-order valence-corrected chi connectivity index (χ0v) is 10.6. The van der Waals surface area contributed by atoms with E-state index >= 15 is 0 Å². The van der Waals surface area contributed by atoms with Crippen molar-refractivity contribution < 1.29 is 0 Å². The van der Waals surface area contributed by atoms with Gasteiger partial charge in [0.15, 0.2) is 5.17 Å². The van der Waals surface area contributed by atoms with Gasteiger partial charge in [0, 0.05) is 12.8 Å². The van der Waals surface area contributed by atoms with Crippen LogP contribution in [0, 0.1) is 5.41 Å². The van der Waals surface area contributed by atoms with Crippen LogP contribution in [0.3, 0.4) is 0 Å². The molecule has 0 fully saturated rings. The summed E-state index contributed by atoms with van der Waals surface area (Å²) in [6.45, 7) is 2.06. The van der Waals surface area contributed by atoms with Crippen molar-refractivity contribution >= 4 is 32.9 Å². The van der Waals surface area contributed by atoms with Gasteiger partial charge >= 0.3 is 0 Å². The van der Waals surface area contributed by atoms with Crippen LogP contribution in [0.25, 0.3) is 0 Å². The number of hydrogen-bond donors (Lipinski definition) is 2. The second kappa shape index (κ2) is 4.84. The zero-order chi connectivity index (χ0) is 10.7. The molecule has 1 aromatic heterocycles. The maximum atomic E-state index is 7.13. The normalized spacial score (nSPS) is 10.5. The number of thioether (sulfide) groups is 1. The summed E-state index contributed by atoms with van der Waals surface area (Å²) in [7, 11) is 1.90. The molecule has 0 spiro atoms. The molecule has 0 radical (unpaired) electrons. The summed E-state index contributed by atoms with van der Waals surface area (Å²) in [5.74, 6) is 0.680. The second-order valence-electron chi connectivity index (χ2n) is 2.84. The van der Waals surface area contributed by atoms with E-state index in [-0.39, 0.29) is 5.17 Å². The summed E-state index contributed by atoms with van der Waals surface area (Å²) in [6, 6.07) is 0. The minimum atomic E-state index is 0.135. The number of amidine groups is 1. The van der Waals surface area contributed by atoms with Gasteiger partial charge in [-0.05, 0) is 22.4 Å². The molecule has 1 rings (SSSR count). The average Bonchev–Trinajstić information content (AvgIpc) is 2.39. The topological polar surface area (TPSA) is 67.7 Å². The first-order valence-electron chi connectivity index (χ1n) is 4.23. The summed E-state index contributed by atoms with van der Waals surface area (Å²) in [6.07, 6.45) is 0.902. The molecule has 0 aliphatic carbocycles. The number of nitrogens with two attached hydrogens (primary N) is 1. The van der Waals surface area contributed by atoms with Crippen molar-refractivity contribution in [2.24, 2.45) is 12.8 Å². The Labute approximate surface area is 95.9 Å². The van der Waals surface area contributed by atoms with Crippen LogP contribution >= 0.6 is 27.7 Å². The number of hydrogen-bond acceptors (Lipinski definition) is 3. The van der Waals surface area contributed by atoms with Gasteiger partial charge < -0.3 is 5.73 Å². The van der Waals surface area contributed by atoms with Crippen molar-refractivity contribution in [2.75, 3.05) is 0 Å². The first-order valence-corrected chi connectivity index (χ1v) is 6.01. The van der Waals surface area contributed by atoms with Crippen molar-refractivity contribution in [1.29, 1.82) is 5.41 Å². The van der Waals surface area contributed by atoms with Gasteiger partial charge in [-0.2, -0.15) is 5.10 Å². The van der Waals surface area contributed by atoms with E-state index in [1.54, 1.807) is 0 Å². The number of aromatic nitrogens is 2. The van der Waals surface area contributed by atoms with Crippen molar-refractivity contribution in [3.8, 4) is 0 Å². The first-order chi connectivity index (χ1) is 6.56. The van der Waals surface area contributed by atoms with Crippen LogP contribution in [0.15, 0.2) is 4.47 Å². The molecule has 6 heteroatoms. The fourth-order valence-corrected chi connectivity index (χ4v) is 2.69. The molecule has 0 unspecified atom stereocenters. The van der Waals surface area contributed by atoms with Crippen LogP contribution in [0.5, 0.6) is 0 Å². The predicted octanol–water partition coefficient (Wildman–Crippen LogP) is 1.87. The molecule has 0 aliphatic rings. The molecular formula is C8H13BrN4S. The minimum absolute atomic E-state index is 0.135. The predicted molar refractivity (Wildman–Crippen MR) is 63.5 cm³/mol. The lowest BCUT2D eigenvalue weighted by Crippen LogP contribution is -2.05. The van der Waals surface area contributed by atoms with E-state index in [1.165, 1.54) is 11.8 Å². The maximum absolute atomic E-state index is 7.13. The summed E-state index contributed by atoms with van der Waals surface area (Å²) < 4.78 is 2.87. The third kappa shape index (κ3) is 2.51. The number of rotatable bonds is 3. The maximum Gasteiger partial charge on any atom is 0.151 e. The van der Waals surface area contributed by atoms with E-state index in [0.29, 0.717) is 5.75 Å². The Balaban J connectivity index is 2.85. The molecular weight excluding hydrogens is 264 g/mol. The number of nitrogens with zero attached hydrogens (tertiary/aromatic N) is 2. The Morgan fingerprint density at radius 3 is 2.79 bits per heavy atom. The van der Waals surface area contributed by atoms with E-state index in [0.717, 1.165) is 22.3 Å². The van der Waals surface area contributed by atoms with Crippen molar-refractivity contribution in [3.63, 3.8) is 0 Å². The third-order valence-corrected chi connectivity index (χ3v) is 3.51. The van der Waals surface area contributed by atoms with E-state index in [1.807, 2.05) is 11.7 Å². The summed E-state index contributed by atoms with van der Waals surface area (Å²) in [4.78, 5) is 0. The monoisotopic (exact) mass is 276 g/mol. The van der Waals surface area contributed by atoms with Crippen LogP contribution in [0.2, 0.25) is 0 Å². The third-order valence-electron chi connectivity index (χ3n) is 1.87. The van der Waals surface area contributed by atoms with Crippen LogP contribution < -0.4 is 5.73 Å². The Morgan fingerprint density at radius 1 is 1.71 bits per heavy atom. The molecule has 0 saturated heterocycles. The number of aryl methyl sites for hydroxylation is 2. The molecule has 0 saturated carbocycles. The molecule has 1 aromatic rings. The second-order valence-corrected chi connectivity index (χ2v) is 4.65. The Hall–Kier alpha value is -0.490. The molecule has 0 amide bonds. The summed E-state index contributed by atoms with van der Waals surface area (Å²) in [5.41, 5.74) is 7.40. The Morgan fingerprint density at radius 2 is 2.36 bits per heavy atom. The smallest absolute Gasteiger partial charge is 0.151 e. The van der Waals surface area contributed by atoms with Crippen LogP contribution in [-0.2, 0) is 19.2 Å². The highest BCUT2D eigenvalue weighted by Crippen LogP contribution is 2.24. The lowest BCUT2D eigenvalue weighted by Gasteiger charge is -2.00. The molecule has 4 nitrogen and oxygen atoms in total. The molecule has 1 heterocycles. The molecule has 78 valence electrons. The lowest BCUT2D eigenvalue weighted by molar-refractivity contribution is 0.720. The largest absolute Gasteiger partial charge is 0.379 e. The summed E-state index contributed by atoms with van der Waals surface area (Å²) >= 11 is 4.81. The standard InChI is InChI=1S/C8H13BrN4S/c1-3-5-7(9)6(13(2)12-5)4-14-8(10)11/h3-4H2,1-2H3,(H3,10,11). The van der Waals surface area contributed by atoms with Crippen LogP contribution in [0.1, 0.15) is 18.3 Å². The van der Waals surface area contributed by atoms with Crippen molar-refractivity contribution in [3.05, 3.63) is 15.9 Å². The fraction of sp³-hybridized carbons (Fsp3) is 0.500. The average molecular weight is 277 g/mol. The van der Waals surface area contributed by atoms with Gasteiger partial charge in [-0.15, -0.1) is 0 Å². The summed E-state index contributed by atoms with van der Waals surface area (Å²) in [5, 5.41) is 11.6. The van der Waals surface area contributed by atoms with Gasteiger partial charge in [0.05, 0.1) is 15.9 Å². The first kappa shape index (κ1) is 11.6. The molecule has 0 aromatic carbocycles. The zero-order valence-electron chi connectivity index (χ0n) is 8.17. The van der Waals surface area contributed by atoms with Gasteiger partial charge in [0.1, 0.15) is 0 Å². The minimum Gasteiger partial charge on any atom is -0.379 e. The molecule has 0 atom stereocenters. The van der Waals surface area contributed by atoms with Gasteiger partial charge in [0.25, 0.3) is 0 Å². The quantitative estimate of drug-likeness (QED) is 0.654. The van der Waals surface area contributed by atoms with E-state index in [9.17, 15) is 0 Å². The van der Waals surface area contributed by atoms with E-state index < -0.39 is 0 Å². The lowest BCUT2D eigenvalue weighted by atomic mass is 10.3. The van der Waals surface area contributed by atoms with Crippen molar-refractivity contribution in [1.82, 2.24) is 9.78 Å². The highest BCUT2D eigenvalue weighted by molar-refractivity contribution is 9.10. The van der Waals surface area contributed by atoms with Gasteiger partial charge in [-0.3, -0.25) is 10.1 Å². The van der Waals surface area contributed by atoms with Gasteiger partial charge in [-0.1, -0.05) is 18.7 Å². The number of halogens is 1. The van der Waals surface area contributed by atoms with Crippen LogP contribution in [-0.4, -0.2) is 14.9 Å². The van der Waals surface area contributed by atoms with E-state index in [2.05, 4.69) is 28.0 Å². The van der Waals surface area contributed by atoms with Gasteiger partial charge in [0.2, 0.25) is 0 Å². The molecule has 0 aliphatic heterocycles. The Kier molecular flexibility index (Phi) is 4.00.